The Labute approximate surface area is 164 Å². The first-order chi connectivity index (χ1) is 13.1. The van der Waals surface area contributed by atoms with E-state index in [0.717, 1.165) is 5.75 Å². The average Bonchev–Trinajstić information content (AvgIpc) is 2.71. The van der Waals surface area contributed by atoms with Gasteiger partial charge in [-0.3, -0.25) is 0 Å². The Morgan fingerprint density at radius 2 is 1.48 bits per heavy atom. The molecule has 0 spiro atoms. The number of allylic oxidation sites excluding steroid dienone is 3. The second-order valence-electron chi connectivity index (χ2n) is 5.77. The molecule has 1 nitrogen and oxygen atoms in total. The lowest BCUT2D eigenvalue weighted by Crippen LogP contribution is -1.89. The molecule has 0 atom stereocenters. The molecule has 3 aromatic carbocycles. The van der Waals surface area contributed by atoms with Crippen LogP contribution in [-0.2, 0) is 0 Å². The first-order valence-electron chi connectivity index (χ1n) is 9.27. The number of ether oxygens (including phenoxy) is 1. The highest BCUT2D eigenvalue weighted by Crippen LogP contribution is 2.16. The minimum atomic E-state index is 0.605. The number of aryl methyl sites for hydroxylation is 2. The molecular weight excluding hydrogens is 328 g/mol. The van der Waals surface area contributed by atoms with E-state index < -0.39 is 0 Å². The zero-order valence-electron chi connectivity index (χ0n) is 16.9. The molecule has 0 saturated carbocycles. The molecule has 140 valence electrons. The van der Waals surface area contributed by atoms with E-state index in [1.54, 1.807) is 18.2 Å². The van der Waals surface area contributed by atoms with Crippen LogP contribution in [0.5, 0.6) is 5.75 Å². The second-order valence-corrected chi connectivity index (χ2v) is 5.77. The number of hydrogen-bond donors (Lipinski definition) is 0. The summed E-state index contributed by atoms with van der Waals surface area (Å²) in [4.78, 5) is 0. The van der Waals surface area contributed by atoms with Crippen LogP contribution in [-0.4, -0.2) is 0 Å². The maximum absolute atomic E-state index is 5.44. The predicted octanol–water partition coefficient (Wildman–Crippen LogP) is 7.80. The molecule has 0 N–H and O–H groups in total. The van der Waals surface area contributed by atoms with Gasteiger partial charge in [-0.1, -0.05) is 99.3 Å². The largest absolute Gasteiger partial charge is 0.458 e. The van der Waals surface area contributed by atoms with Crippen molar-refractivity contribution >= 4 is 10.8 Å². The summed E-state index contributed by atoms with van der Waals surface area (Å²) < 4.78 is 5.44. The Bertz CT molecular complexity index is 865. The maximum atomic E-state index is 5.44. The van der Waals surface area contributed by atoms with Crippen LogP contribution in [0.4, 0.5) is 0 Å². The highest BCUT2D eigenvalue weighted by Gasteiger charge is 1.93. The number of hydrogen-bond acceptors (Lipinski definition) is 1. The third kappa shape index (κ3) is 7.79. The van der Waals surface area contributed by atoms with Crippen molar-refractivity contribution in [3.63, 3.8) is 0 Å². The van der Waals surface area contributed by atoms with Crippen molar-refractivity contribution in [2.24, 2.45) is 0 Å². The topological polar surface area (TPSA) is 9.23 Å². The molecule has 0 saturated heterocycles. The fourth-order valence-electron chi connectivity index (χ4n) is 2.35. The summed E-state index contributed by atoms with van der Waals surface area (Å²) in [6.07, 6.45) is 5.24. The molecule has 0 aliphatic heterocycles. The highest BCUT2D eigenvalue weighted by molar-refractivity contribution is 5.85. The molecule has 0 amide bonds. The Kier molecular flexibility index (Phi) is 10.0. The van der Waals surface area contributed by atoms with Gasteiger partial charge in [-0.15, -0.1) is 0 Å². The van der Waals surface area contributed by atoms with Gasteiger partial charge in [0.25, 0.3) is 0 Å². The van der Waals surface area contributed by atoms with Crippen molar-refractivity contribution in [3.8, 4) is 5.75 Å². The Morgan fingerprint density at radius 3 is 2.11 bits per heavy atom. The Morgan fingerprint density at radius 1 is 0.852 bits per heavy atom. The van der Waals surface area contributed by atoms with E-state index in [2.05, 4.69) is 62.5 Å². The van der Waals surface area contributed by atoms with Crippen molar-refractivity contribution in [1.29, 1.82) is 0 Å². The molecule has 3 aromatic rings. The molecule has 3 rings (SSSR count). The second kappa shape index (κ2) is 12.3. The normalized spacial score (nSPS) is 9.63. The lowest BCUT2D eigenvalue weighted by Gasteiger charge is -2.04. The van der Waals surface area contributed by atoms with Crippen LogP contribution >= 0.6 is 0 Å². The third-order valence-electron chi connectivity index (χ3n) is 3.70. The minimum absolute atomic E-state index is 0.605. The summed E-state index contributed by atoms with van der Waals surface area (Å²) in [5.41, 5.74) is 2.56. The van der Waals surface area contributed by atoms with Gasteiger partial charge >= 0.3 is 0 Å². The average molecular weight is 359 g/mol. The van der Waals surface area contributed by atoms with Crippen molar-refractivity contribution in [3.05, 3.63) is 115 Å². The van der Waals surface area contributed by atoms with E-state index in [1.807, 2.05) is 45.0 Å². The van der Waals surface area contributed by atoms with Gasteiger partial charge in [-0.2, -0.15) is 0 Å². The van der Waals surface area contributed by atoms with Gasteiger partial charge in [0.05, 0.1) is 0 Å². The van der Waals surface area contributed by atoms with E-state index in [9.17, 15) is 0 Å². The molecule has 0 heterocycles. The Balaban J connectivity index is 0.000000252. The fourth-order valence-corrected chi connectivity index (χ4v) is 2.35. The lowest BCUT2D eigenvalue weighted by atomic mass is 10.1. The monoisotopic (exact) mass is 358 g/mol. The molecule has 0 unspecified atom stereocenters. The molecule has 27 heavy (non-hydrogen) atoms. The smallest absolute Gasteiger partial charge is 0.127 e. The van der Waals surface area contributed by atoms with Crippen LogP contribution in [0.25, 0.3) is 10.8 Å². The van der Waals surface area contributed by atoms with Crippen LogP contribution in [0.1, 0.15) is 25.0 Å². The van der Waals surface area contributed by atoms with E-state index in [0.29, 0.717) is 5.76 Å². The van der Waals surface area contributed by atoms with Gasteiger partial charge in [0.1, 0.15) is 11.5 Å². The van der Waals surface area contributed by atoms with Gasteiger partial charge in [0.2, 0.25) is 0 Å². The van der Waals surface area contributed by atoms with E-state index in [1.165, 1.54) is 21.9 Å². The Hall–Kier alpha value is -3.06. The zero-order valence-corrected chi connectivity index (χ0v) is 16.9. The molecule has 0 fully saturated rings. The minimum Gasteiger partial charge on any atom is -0.458 e. The van der Waals surface area contributed by atoms with Crippen molar-refractivity contribution in [2.45, 2.75) is 27.7 Å². The van der Waals surface area contributed by atoms with Crippen LogP contribution < -0.4 is 4.74 Å². The van der Waals surface area contributed by atoms with Gasteiger partial charge < -0.3 is 4.74 Å². The molecule has 0 aromatic heterocycles. The van der Waals surface area contributed by atoms with Crippen molar-refractivity contribution in [2.75, 3.05) is 0 Å². The zero-order chi connectivity index (χ0) is 20.1. The maximum Gasteiger partial charge on any atom is 0.127 e. The first-order valence-corrected chi connectivity index (χ1v) is 9.27. The molecule has 0 radical (unpaired) electrons. The van der Waals surface area contributed by atoms with Gasteiger partial charge in [-0.25, -0.2) is 0 Å². The lowest BCUT2D eigenvalue weighted by molar-refractivity contribution is 0.447. The predicted molar refractivity (Wildman–Crippen MR) is 120 cm³/mol. The van der Waals surface area contributed by atoms with Crippen LogP contribution in [0.15, 0.2) is 104 Å². The molecular formula is C26H30O. The van der Waals surface area contributed by atoms with E-state index in [4.69, 9.17) is 4.74 Å². The van der Waals surface area contributed by atoms with Gasteiger partial charge in [0, 0.05) is 0 Å². The van der Waals surface area contributed by atoms with E-state index in [-0.39, 0.29) is 0 Å². The fraction of sp³-hybridized carbons (Fsp3) is 0.154. The molecule has 0 aliphatic rings. The standard InChI is InChI=1S/C13H14O.C11H10.C2H6/c1-4-5-6-12(3)14-13-9-7-11(2)8-10-13;1-9-5-4-7-10-6-2-3-8-11(9)10;1-2/h4-10H,1,3H2,2H3;2-8H,1H3;1-2H3/b6-5-;;. The summed E-state index contributed by atoms with van der Waals surface area (Å²) in [6, 6.07) is 22.7. The summed E-state index contributed by atoms with van der Waals surface area (Å²) in [5, 5.41) is 2.68. The SMILES string of the molecule is C=C/C=C\C(=C)Oc1ccc(C)cc1.CC.Cc1cccc2ccccc12. The molecule has 0 aliphatic carbocycles. The molecule has 0 bridgehead atoms. The summed E-state index contributed by atoms with van der Waals surface area (Å²) in [6.45, 7) is 15.5. The van der Waals surface area contributed by atoms with Crippen LogP contribution in [0.2, 0.25) is 0 Å². The van der Waals surface area contributed by atoms with E-state index >= 15 is 0 Å². The highest BCUT2D eigenvalue weighted by atomic mass is 16.5. The van der Waals surface area contributed by atoms with Gasteiger partial charge in [-0.05, 0) is 48.4 Å². The number of fused-ring (bicyclic) bond motifs is 1. The summed E-state index contributed by atoms with van der Waals surface area (Å²) in [7, 11) is 0. The number of rotatable bonds is 4. The summed E-state index contributed by atoms with van der Waals surface area (Å²) in [5.74, 6) is 1.41. The van der Waals surface area contributed by atoms with Crippen molar-refractivity contribution < 1.29 is 4.74 Å². The third-order valence-corrected chi connectivity index (χ3v) is 3.70. The number of benzene rings is 3. The quantitative estimate of drug-likeness (QED) is 0.341. The molecule has 1 heteroatoms. The summed E-state index contributed by atoms with van der Waals surface area (Å²) >= 11 is 0. The van der Waals surface area contributed by atoms with Crippen molar-refractivity contribution in [1.82, 2.24) is 0 Å². The van der Waals surface area contributed by atoms with Gasteiger partial charge in [0.15, 0.2) is 0 Å². The first kappa shape index (κ1) is 22.0. The van der Waals surface area contributed by atoms with Crippen LogP contribution in [0, 0.1) is 13.8 Å². The van der Waals surface area contributed by atoms with Crippen LogP contribution in [0.3, 0.4) is 0 Å².